The molecule has 0 saturated carbocycles. The van der Waals surface area contributed by atoms with Crippen LogP contribution in [0, 0.1) is 0 Å². The van der Waals surface area contributed by atoms with E-state index in [0.717, 1.165) is 28.9 Å². The lowest BCUT2D eigenvalue weighted by Crippen LogP contribution is -2.05. The largest absolute Gasteiger partial charge is 0.490 e. The first-order valence-corrected chi connectivity index (χ1v) is 9.66. The molecule has 2 nitrogen and oxygen atoms in total. The molecular weight excluding hydrogens is 507 g/mol. The zero-order chi connectivity index (χ0) is 15.4. The van der Waals surface area contributed by atoms with Gasteiger partial charge >= 0.3 is 0 Å². The van der Waals surface area contributed by atoms with Crippen molar-refractivity contribution in [2.24, 2.45) is 0 Å². The molecule has 2 rings (SSSR count). The van der Waals surface area contributed by atoms with Crippen molar-refractivity contribution >= 4 is 70.7 Å². The van der Waals surface area contributed by atoms with Crippen LogP contribution in [0.4, 0.5) is 0 Å². The number of benzene rings is 1. The third-order valence-electron chi connectivity index (χ3n) is 2.75. The average molecular weight is 519 g/mol. The number of hydrogen-bond donors (Lipinski definition) is 0. The summed E-state index contributed by atoms with van der Waals surface area (Å²) in [6.45, 7) is 1.07. The molecule has 0 aliphatic carbocycles. The van der Waals surface area contributed by atoms with Crippen LogP contribution in [0.3, 0.4) is 0 Å². The van der Waals surface area contributed by atoms with Crippen molar-refractivity contribution in [1.29, 1.82) is 0 Å². The second kappa shape index (κ2) is 8.31. The molecule has 0 N–H and O–H groups in total. The van der Waals surface area contributed by atoms with Crippen molar-refractivity contribution in [2.75, 3.05) is 20.3 Å². The summed E-state index contributed by atoms with van der Waals surface area (Å²) in [5.41, 5.74) is 2.06. The number of hydrogen-bond acceptors (Lipinski definition) is 3. The van der Waals surface area contributed by atoms with Gasteiger partial charge in [-0.3, -0.25) is 0 Å². The van der Waals surface area contributed by atoms with Crippen molar-refractivity contribution in [3.05, 3.63) is 47.4 Å². The summed E-state index contributed by atoms with van der Waals surface area (Å²) in [5.74, 6) is 0.783. The van der Waals surface area contributed by atoms with Gasteiger partial charge < -0.3 is 9.47 Å². The Balaban J connectivity index is 2.17. The van der Waals surface area contributed by atoms with Crippen LogP contribution in [0.5, 0.6) is 5.75 Å². The smallest absolute Gasteiger partial charge is 0.133 e. The maximum Gasteiger partial charge on any atom is 0.133 e. The summed E-state index contributed by atoms with van der Waals surface area (Å²) in [7, 11) is 1.65. The van der Waals surface area contributed by atoms with E-state index in [1.807, 2.05) is 24.3 Å². The highest BCUT2D eigenvalue weighted by Gasteiger charge is 2.18. The molecule has 7 heteroatoms. The van der Waals surface area contributed by atoms with E-state index >= 15 is 0 Å². The molecule has 1 heterocycles. The maximum atomic E-state index is 6.58. The first-order chi connectivity index (χ1) is 10.0. The van der Waals surface area contributed by atoms with Crippen molar-refractivity contribution in [2.45, 2.75) is 5.38 Å². The number of halogens is 4. The highest BCUT2D eigenvalue weighted by molar-refractivity contribution is 9.12. The molecule has 0 amide bonds. The van der Waals surface area contributed by atoms with Crippen LogP contribution in [0.2, 0.25) is 0 Å². The third-order valence-corrected chi connectivity index (χ3v) is 6.24. The van der Waals surface area contributed by atoms with Crippen LogP contribution in [-0.4, -0.2) is 20.3 Å². The molecule has 21 heavy (non-hydrogen) atoms. The number of alkyl halides is 1. The fraction of sp³-hybridized carbons (Fsp3) is 0.286. The molecule has 0 radical (unpaired) electrons. The van der Waals surface area contributed by atoms with Crippen LogP contribution >= 0.6 is 70.7 Å². The Kier molecular flexibility index (Phi) is 7.03. The van der Waals surface area contributed by atoms with Crippen LogP contribution in [0.25, 0.3) is 0 Å². The van der Waals surface area contributed by atoms with E-state index in [0.29, 0.717) is 13.2 Å². The lowest BCUT2D eigenvalue weighted by atomic mass is 10.1. The molecule has 2 aromatic rings. The van der Waals surface area contributed by atoms with Gasteiger partial charge in [-0.1, -0.05) is 6.07 Å². The molecule has 1 aromatic heterocycles. The first kappa shape index (κ1) is 17.8. The Morgan fingerprint density at radius 1 is 1.19 bits per heavy atom. The number of rotatable bonds is 6. The SMILES string of the molecule is COCCOc1ccc(C(Cl)c2cc(Br)sc2Br)cc1Br. The van der Waals surface area contributed by atoms with Crippen LogP contribution in [0.15, 0.2) is 36.3 Å². The second-order valence-electron chi connectivity index (χ2n) is 4.17. The standard InChI is InChI=1S/C14H12Br3ClO2S/c1-19-4-5-20-11-3-2-8(6-10(11)15)13(18)9-7-12(16)21-14(9)17/h2-3,6-7,13H,4-5H2,1H3. The summed E-state index contributed by atoms with van der Waals surface area (Å²) >= 11 is 18.7. The van der Waals surface area contributed by atoms with Crippen LogP contribution in [-0.2, 0) is 4.74 Å². The van der Waals surface area contributed by atoms with Gasteiger partial charge in [0, 0.05) is 12.7 Å². The summed E-state index contributed by atoms with van der Waals surface area (Å²) < 4.78 is 13.5. The minimum atomic E-state index is -0.216. The van der Waals surface area contributed by atoms with E-state index in [-0.39, 0.29) is 5.38 Å². The Hall–Kier alpha value is 0.410. The summed E-state index contributed by atoms with van der Waals surface area (Å²) in [6.07, 6.45) is 0. The van der Waals surface area contributed by atoms with Gasteiger partial charge in [-0.2, -0.15) is 0 Å². The van der Waals surface area contributed by atoms with Crippen molar-refractivity contribution in [1.82, 2.24) is 0 Å². The fourth-order valence-electron chi connectivity index (χ4n) is 1.73. The topological polar surface area (TPSA) is 18.5 Å². The zero-order valence-corrected chi connectivity index (χ0v) is 17.4. The minimum absolute atomic E-state index is 0.216. The van der Waals surface area contributed by atoms with Crippen LogP contribution < -0.4 is 4.74 Å². The number of thiophene rings is 1. The molecule has 0 bridgehead atoms. The fourth-order valence-corrected chi connectivity index (χ4v) is 5.65. The summed E-state index contributed by atoms with van der Waals surface area (Å²) in [4.78, 5) is 0. The van der Waals surface area contributed by atoms with Gasteiger partial charge in [0.15, 0.2) is 0 Å². The molecular formula is C14H12Br3ClO2S. The highest BCUT2D eigenvalue weighted by Crippen LogP contribution is 2.42. The molecule has 0 spiro atoms. The number of ether oxygens (including phenoxy) is 2. The van der Waals surface area contributed by atoms with E-state index in [4.69, 9.17) is 21.1 Å². The molecule has 1 aromatic carbocycles. The van der Waals surface area contributed by atoms with Gasteiger partial charge in [-0.05, 0) is 71.6 Å². The monoisotopic (exact) mass is 516 g/mol. The van der Waals surface area contributed by atoms with Crippen LogP contribution in [0.1, 0.15) is 16.5 Å². The molecule has 0 saturated heterocycles. The first-order valence-electron chi connectivity index (χ1n) is 6.03. The highest BCUT2D eigenvalue weighted by atomic mass is 79.9. The lowest BCUT2D eigenvalue weighted by molar-refractivity contribution is 0.146. The van der Waals surface area contributed by atoms with E-state index in [1.165, 1.54) is 0 Å². The Bertz CT molecular complexity index is 618. The van der Waals surface area contributed by atoms with Gasteiger partial charge in [0.25, 0.3) is 0 Å². The molecule has 1 atom stereocenters. The Morgan fingerprint density at radius 3 is 2.52 bits per heavy atom. The summed E-state index contributed by atoms with van der Waals surface area (Å²) in [6, 6.07) is 7.91. The van der Waals surface area contributed by atoms with Crippen molar-refractivity contribution in [3.63, 3.8) is 0 Å². The molecule has 0 aliphatic heterocycles. The predicted molar refractivity (Wildman–Crippen MR) is 98.9 cm³/mol. The molecule has 0 aliphatic rings. The van der Waals surface area contributed by atoms with Gasteiger partial charge in [-0.15, -0.1) is 22.9 Å². The molecule has 1 unspecified atom stereocenters. The van der Waals surface area contributed by atoms with Gasteiger partial charge in [-0.25, -0.2) is 0 Å². The van der Waals surface area contributed by atoms with E-state index < -0.39 is 0 Å². The normalized spacial score (nSPS) is 12.4. The molecule has 114 valence electrons. The van der Waals surface area contributed by atoms with Crippen molar-refractivity contribution in [3.8, 4) is 5.75 Å². The van der Waals surface area contributed by atoms with E-state index in [9.17, 15) is 0 Å². The van der Waals surface area contributed by atoms with Gasteiger partial charge in [0.05, 0.1) is 24.0 Å². The second-order valence-corrected chi connectivity index (χ2v) is 9.21. The lowest BCUT2D eigenvalue weighted by Gasteiger charge is -2.13. The molecule has 0 fully saturated rings. The maximum absolute atomic E-state index is 6.58. The Morgan fingerprint density at radius 2 is 1.95 bits per heavy atom. The van der Waals surface area contributed by atoms with Crippen molar-refractivity contribution < 1.29 is 9.47 Å². The minimum Gasteiger partial charge on any atom is -0.490 e. The Labute approximate surface area is 158 Å². The van der Waals surface area contributed by atoms with E-state index in [1.54, 1.807) is 18.4 Å². The van der Waals surface area contributed by atoms with Gasteiger partial charge in [0.1, 0.15) is 12.4 Å². The average Bonchev–Trinajstić information content (AvgIpc) is 2.79. The quantitative estimate of drug-likeness (QED) is 0.325. The zero-order valence-electron chi connectivity index (χ0n) is 11.0. The predicted octanol–water partition coefficient (Wildman–Crippen LogP) is 6.39. The summed E-state index contributed by atoms with van der Waals surface area (Å²) in [5, 5.41) is -0.216. The third kappa shape index (κ3) is 4.69. The van der Waals surface area contributed by atoms with Gasteiger partial charge in [0.2, 0.25) is 0 Å². The number of methoxy groups -OCH3 is 1. The van der Waals surface area contributed by atoms with E-state index in [2.05, 4.69) is 47.8 Å².